The third kappa shape index (κ3) is 4.77. The highest BCUT2D eigenvalue weighted by atomic mass is 35.5. The second-order valence-electron chi connectivity index (χ2n) is 11.8. The highest BCUT2D eigenvalue weighted by Crippen LogP contribution is 2.51. The molecule has 4 aliphatic rings. The van der Waals surface area contributed by atoms with Crippen molar-refractivity contribution < 1.29 is 14.6 Å². The molecule has 1 N–H and O–H groups in total. The average molecular weight is 497 g/mol. The van der Waals surface area contributed by atoms with Gasteiger partial charge in [-0.1, -0.05) is 57.5 Å². The molecule has 2 aromatic carbocycles. The normalized spacial score (nSPS) is 26.6. The number of hydrogen-bond donors (Lipinski definition) is 1. The molecular formula is C29H37ClN2O3. The van der Waals surface area contributed by atoms with Crippen molar-refractivity contribution in [2.24, 2.45) is 17.3 Å². The largest absolute Gasteiger partial charge is 0.493 e. The standard InChI is InChI=1S/C29H37ClN2O3/c1-18(2)17-35-24-13-21(12-23(30)14-24)20-5-6-25-22(11-20)15-29(3,4)27(25)32(28(33)34)26-16-31-9-7-19(26)8-10-31/h5-6,11-14,18-19,26-27H,7-10,15-17H2,1-4H3,(H,33,34)/t26-,27+/m1/s1. The van der Waals surface area contributed by atoms with Crippen molar-refractivity contribution in [2.45, 2.75) is 59.0 Å². The Morgan fingerprint density at radius 2 is 1.91 bits per heavy atom. The van der Waals surface area contributed by atoms with Gasteiger partial charge >= 0.3 is 6.09 Å². The molecule has 2 bridgehead atoms. The Kier molecular flexibility index (Phi) is 6.52. The number of carbonyl (C=O) groups is 1. The Labute approximate surface area is 214 Å². The number of hydrogen-bond acceptors (Lipinski definition) is 3. The van der Waals surface area contributed by atoms with Gasteiger partial charge in [-0.05, 0) is 90.1 Å². The number of halogens is 1. The highest BCUT2D eigenvalue weighted by Gasteiger charge is 2.50. The van der Waals surface area contributed by atoms with Gasteiger partial charge in [-0.25, -0.2) is 4.79 Å². The van der Waals surface area contributed by atoms with Crippen molar-refractivity contribution in [1.82, 2.24) is 9.80 Å². The first-order chi connectivity index (χ1) is 16.6. The Morgan fingerprint density at radius 1 is 1.17 bits per heavy atom. The van der Waals surface area contributed by atoms with Crippen LogP contribution in [0.15, 0.2) is 36.4 Å². The molecule has 188 valence electrons. The summed E-state index contributed by atoms with van der Waals surface area (Å²) in [4.78, 5) is 17.0. The third-order valence-electron chi connectivity index (χ3n) is 8.09. The maximum absolute atomic E-state index is 12.7. The number of piperidine rings is 3. The van der Waals surface area contributed by atoms with Crippen LogP contribution in [-0.2, 0) is 6.42 Å². The van der Waals surface area contributed by atoms with Gasteiger partial charge in [-0.2, -0.15) is 0 Å². The fourth-order valence-electron chi connectivity index (χ4n) is 6.51. The van der Waals surface area contributed by atoms with E-state index in [-0.39, 0.29) is 17.5 Å². The number of fused-ring (bicyclic) bond motifs is 4. The van der Waals surface area contributed by atoms with Crippen LogP contribution in [0.25, 0.3) is 11.1 Å². The number of ether oxygens (including phenoxy) is 1. The molecule has 0 unspecified atom stereocenters. The molecule has 0 aromatic heterocycles. The maximum Gasteiger partial charge on any atom is 0.408 e. The van der Waals surface area contributed by atoms with Crippen molar-refractivity contribution in [3.63, 3.8) is 0 Å². The van der Waals surface area contributed by atoms with Gasteiger partial charge in [0.15, 0.2) is 0 Å². The van der Waals surface area contributed by atoms with Crippen molar-refractivity contribution in [1.29, 1.82) is 0 Å². The van der Waals surface area contributed by atoms with Gasteiger partial charge in [0.05, 0.1) is 18.7 Å². The van der Waals surface area contributed by atoms with E-state index >= 15 is 0 Å². The lowest BCUT2D eigenvalue weighted by Gasteiger charge is -2.51. The van der Waals surface area contributed by atoms with E-state index < -0.39 is 6.09 Å². The maximum atomic E-state index is 12.7. The fraction of sp³-hybridized carbons (Fsp3) is 0.552. The Morgan fingerprint density at radius 3 is 2.54 bits per heavy atom. The minimum Gasteiger partial charge on any atom is -0.493 e. The Bertz CT molecular complexity index is 1110. The monoisotopic (exact) mass is 496 g/mol. The molecule has 6 heteroatoms. The summed E-state index contributed by atoms with van der Waals surface area (Å²) in [6.45, 7) is 12.4. The van der Waals surface area contributed by atoms with Crippen molar-refractivity contribution in [3.05, 3.63) is 52.5 Å². The van der Waals surface area contributed by atoms with Crippen LogP contribution in [0.2, 0.25) is 5.02 Å². The Hall–Kier alpha value is -2.24. The van der Waals surface area contributed by atoms with Gasteiger partial charge in [-0.3, -0.25) is 4.90 Å². The third-order valence-corrected chi connectivity index (χ3v) is 8.31. The molecule has 0 spiro atoms. The van der Waals surface area contributed by atoms with Crippen LogP contribution in [0.3, 0.4) is 0 Å². The lowest BCUT2D eigenvalue weighted by molar-refractivity contribution is -0.0267. The van der Waals surface area contributed by atoms with Gasteiger partial charge in [0.1, 0.15) is 5.75 Å². The average Bonchev–Trinajstić information content (AvgIpc) is 3.07. The van der Waals surface area contributed by atoms with Crippen LogP contribution < -0.4 is 4.74 Å². The number of benzene rings is 2. The molecule has 35 heavy (non-hydrogen) atoms. The summed E-state index contributed by atoms with van der Waals surface area (Å²) < 4.78 is 5.94. The summed E-state index contributed by atoms with van der Waals surface area (Å²) in [5, 5.41) is 11.1. The molecule has 6 rings (SSSR count). The molecule has 2 aromatic rings. The molecule has 3 fully saturated rings. The van der Waals surface area contributed by atoms with Gasteiger partial charge in [0.2, 0.25) is 0 Å². The van der Waals surface area contributed by atoms with Crippen molar-refractivity contribution in [2.75, 3.05) is 26.2 Å². The lowest BCUT2D eigenvalue weighted by atomic mass is 9.79. The molecular weight excluding hydrogens is 460 g/mol. The molecule has 5 nitrogen and oxygen atoms in total. The Balaban J connectivity index is 1.48. The number of amides is 1. The van der Waals surface area contributed by atoms with E-state index in [1.54, 1.807) is 0 Å². The summed E-state index contributed by atoms with van der Waals surface area (Å²) in [6.07, 6.45) is 2.26. The second-order valence-corrected chi connectivity index (χ2v) is 12.2. The SMILES string of the molecule is CC(C)COc1cc(Cl)cc(-c2ccc3c(c2)CC(C)(C)[C@H]3N(C(=O)O)[C@@H]2CN3CCC2CC3)c1. The molecule has 1 aliphatic carbocycles. The van der Waals surface area contributed by atoms with Gasteiger partial charge in [0.25, 0.3) is 0 Å². The number of nitrogens with zero attached hydrogens (tertiary/aromatic N) is 2. The first-order valence-corrected chi connectivity index (χ1v) is 13.3. The van der Waals surface area contributed by atoms with Gasteiger partial charge in [-0.15, -0.1) is 0 Å². The fourth-order valence-corrected chi connectivity index (χ4v) is 6.73. The minimum atomic E-state index is -0.791. The zero-order chi connectivity index (χ0) is 24.9. The highest BCUT2D eigenvalue weighted by molar-refractivity contribution is 6.31. The summed E-state index contributed by atoms with van der Waals surface area (Å²) in [5.41, 5.74) is 4.31. The molecule has 3 heterocycles. The van der Waals surface area contributed by atoms with E-state index in [0.29, 0.717) is 23.5 Å². The van der Waals surface area contributed by atoms with E-state index in [2.05, 4.69) is 50.8 Å². The summed E-state index contributed by atoms with van der Waals surface area (Å²) in [5.74, 6) is 1.68. The predicted molar refractivity (Wildman–Crippen MR) is 140 cm³/mol. The molecule has 0 radical (unpaired) electrons. The first-order valence-electron chi connectivity index (χ1n) is 12.9. The van der Waals surface area contributed by atoms with Crippen LogP contribution in [0.1, 0.15) is 57.7 Å². The molecule has 0 saturated carbocycles. The van der Waals surface area contributed by atoms with E-state index in [4.69, 9.17) is 16.3 Å². The van der Waals surface area contributed by atoms with Crippen LogP contribution in [0.4, 0.5) is 4.79 Å². The summed E-state index contributed by atoms with van der Waals surface area (Å²) >= 11 is 6.44. The number of carboxylic acid groups (broad SMARTS) is 1. The second kappa shape index (κ2) is 9.33. The van der Waals surface area contributed by atoms with Gasteiger partial charge < -0.3 is 14.7 Å². The van der Waals surface area contributed by atoms with Crippen LogP contribution >= 0.6 is 11.6 Å². The van der Waals surface area contributed by atoms with Crippen molar-refractivity contribution in [3.8, 4) is 16.9 Å². The first kappa shape index (κ1) is 24.5. The smallest absolute Gasteiger partial charge is 0.408 e. The molecule has 2 atom stereocenters. The van der Waals surface area contributed by atoms with E-state index in [1.807, 2.05) is 23.1 Å². The van der Waals surface area contributed by atoms with Crippen LogP contribution in [0, 0.1) is 17.3 Å². The molecule has 1 amide bonds. The van der Waals surface area contributed by atoms with Gasteiger partial charge in [0, 0.05) is 11.6 Å². The number of rotatable bonds is 6. The summed E-state index contributed by atoms with van der Waals surface area (Å²) in [7, 11) is 0. The van der Waals surface area contributed by atoms with E-state index in [0.717, 1.165) is 61.3 Å². The van der Waals surface area contributed by atoms with Crippen molar-refractivity contribution >= 4 is 17.7 Å². The zero-order valence-corrected chi connectivity index (χ0v) is 22.0. The van der Waals surface area contributed by atoms with Crippen LogP contribution in [0.5, 0.6) is 5.75 Å². The van der Waals surface area contributed by atoms with Crippen LogP contribution in [-0.4, -0.2) is 53.3 Å². The quantitative estimate of drug-likeness (QED) is 0.481. The topological polar surface area (TPSA) is 53.0 Å². The van der Waals surface area contributed by atoms with E-state index in [9.17, 15) is 9.90 Å². The predicted octanol–water partition coefficient (Wildman–Crippen LogP) is 6.74. The molecule has 3 saturated heterocycles. The minimum absolute atomic E-state index is 0.0681. The molecule has 3 aliphatic heterocycles. The lowest BCUT2D eigenvalue weighted by Crippen LogP contribution is -2.60. The summed E-state index contributed by atoms with van der Waals surface area (Å²) in [6, 6.07) is 12.3. The van der Waals surface area contributed by atoms with E-state index in [1.165, 1.54) is 5.56 Å². The zero-order valence-electron chi connectivity index (χ0n) is 21.3.